The van der Waals surface area contributed by atoms with Gasteiger partial charge in [0.25, 0.3) is 0 Å². The normalized spacial score (nSPS) is 33.1. The lowest BCUT2D eigenvalue weighted by atomic mass is 9.41. The van der Waals surface area contributed by atoms with Crippen LogP contribution in [0.2, 0.25) is 0 Å². The van der Waals surface area contributed by atoms with Gasteiger partial charge in [0.15, 0.2) is 5.82 Å². The Labute approximate surface area is 239 Å². The van der Waals surface area contributed by atoms with E-state index in [1.54, 1.807) is 0 Å². The quantitative estimate of drug-likeness (QED) is 0.284. The molecule has 4 bridgehead atoms. The summed E-state index contributed by atoms with van der Waals surface area (Å²) < 4.78 is 25.9. The number of ether oxygens (including phenoxy) is 1. The summed E-state index contributed by atoms with van der Waals surface area (Å²) in [5.41, 5.74) is 1.24. The number of aromatic nitrogens is 3. The fourth-order valence-corrected chi connectivity index (χ4v) is 8.21. The van der Waals surface area contributed by atoms with Gasteiger partial charge in [0.1, 0.15) is 5.67 Å². The van der Waals surface area contributed by atoms with E-state index in [2.05, 4.69) is 22.3 Å². The van der Waals surface area contributed by atoms with E-state index >= 15 is 0 Å². The Hall–Kier alpha value is -3.29. The number of amides is 1. The SMILES string of the molecule is CCOc1ccc(-c2cccc(N(CC34CCC(c5nc(C6CC6)no5)(CC3)CC4)C(=O)C34CC(F)(C3)C4)c2)cn1. The van der Waals surface area contributed by atoms with Crippen LogP contribution in [0.3, 0.4) is 0 Å². The minimum absolute atomic E-state index is 0.0221. The third-order valence-corrected chi connectivity index (χ3v) is 10.9. The molecule has 7 aliphatic carbocycles. The number of benzene rings is 1. The summed E-state index contributed by atoms with van der Waals surface area (Å²) >= 11 is 0. The van der Waals surface area contributed by atoms with Crippen molar-refractivity contribution in [2.75, 3.05) is 18.1 Å². The molecule has 41 heavy (non-hydrogen) atoms. The molecule has 7 nitrogen and oxygen atoms in total. The van der Waals surface area contributed by atoms with Crippen molar-refractivity contribution < 1.29 is 18.4 Å². The maximum Gasteiger partial charge on any atom is 0.233 e. The van der Waals surface area contributed by atoms with E-state index in [4.69, 9.17) is 14.2 Å². The van der Waals surface area contributed by atoms with Crippen LogP contribution in [0.1, 0.15) is 95.2 Å². The predicted octanol–water partition coefficient (Wildman–Crippen LogP) is 6.93. The van der Waals surface area contributed by atoms with E-state index in [-0.39, 0.29) is 16.7 Å². The van der Waals surface area contributed by atoms with E-state index in [1.165, 1.54) is 12.8 Å². The lowest BCUT2D eigenvalue weighted by Gasteiger charge is -2.65. The van der Waals surface area contributed by atoms with Crippen LogP contribution >= 0.6 is 0 Å². The number of hydrogen-bond donors (Lipinski definition) is 0. The number of alkyl halides is 1. The number of hydrogen-bond acceptors (Lipinski definition) is 6. The van der Waals surface area contributed by atoms with Crippen LogP contribution in [0.25, 0.3) is 11.1 Å². The molecule has 2 aromatic heterocycles. The Bertz CT molecular complexity index is 1450. The van der Waals surface area contributed by atoms with E-state index in [0.717, 1.165) is 67.1 Å². The molecule has 2 heterocycles. The van der Waals surface area contributed by atoms with Crippen molar-refractivity contribution in [2.45, 2.75) is 94.6 Å². The van der Waals surface area contributed by atoms with Crippen LogP contribution in [-0.2, 0) is 10.2 Å². The molecule has 214 valence electrons. The standard InChI is InChI=1S/C33H37FN4O3/c1-2-40-26-9-8-24(17-35-26)23-4-3-5-25(16-23)38(29(39)32-18-33(34,19-32)20-32)21-30-10-13-31(14-11-30,15-12-30)28-36-27(37-41-28)22-6-7-22/h3-5,8-9,16-17,22H,2,6-7,10-15,18-21H2,1H3. The third kappa shape index (κ3) is 4.11. The molecule has 7 fully saturated rings. The van der Waals surface area contributed by atoms with Crippen LogP contribution < -0.4 is 9.64 Å². The molecule has 0 radical (unpaired) electrons. The minimum Gasteiger partial charge on any atom is -0.478 e. The van der Waals surface area contributed by atoms with Crippen LogP contribution in [0, 0.1) is 10.8 Å². The summed E-state index contributed by atoms with van der Waals surface area (Å²) in [5.74, 6) is 2.91. The maximum atomic E-state index is 14.6. The molecule has 3 aromatic rings. The second-order valence-corrected chi connectivity index (χ2v) is 13.7. The Morgan fingerprint density at radius 2 is 1.80 bits per heavy atom. The molecular weight excluding hydrogens is 519 g/mol. The average Bonchev–Trinajstić information content (AvgIpc) is 3.70. The van der Waals surface area contributed by atoms with E-state index in [1.807, 2.05) is 42.3 Å². The van der Waals surface area contributed by atoms with Crippen LogP contribution in [0.15, 0.2) is 47.1 Å². The molecular formula is C33H37FN4O3. The first-order valence-corrected chi connectivity index (χ1v) is 15.4. The molecule has 0 atom stereocenters. The second kappa shape index (κ2) is 8.85. The number of anilines is 1. The zero-order valence-electron chi connectivity index (χ0n) is 23.7. The van der Waals surface area contributed by atoms with Gasteiger partial charge in [-0.1, -0.05) is 17.3 Å². The summed E-state index contributed by atoms with van der Waals surface area (Å²) in [6, 6.07) is 12.1. The van der Waals surface area contributed by atoms with Gasteiger partial charge in [-0.3, -0.25) is 4.79 Å². The molecule has 7 aliphatic rings. The van der Waals surface area contributed by atoms with Gasteiger partial charge in [0, 0.05) is 41.4 Å². The first-order chi connectivity index (χ1) is 19.8. The van der Waals surface area contributed by atoms with Gasteiger partial charge in [0.2, 0.25) is 17.7 Å². The number of nitrogens with zero attached hydrogens (tertiary/aromatic N) is 4. The number of carbonyl (C=O) groups is 1. The van der Waals surface area contributed by atoms with Crippen molar-refractivity contribution >= 4 is 11.6 Å². The number of halogens is 1. The fourth-order valence-electron chi connectivity index (χ4n) is 8.21. The van der Waals surface area contributed by atoms with Crippen LogP contribution in [0.5, 0.6) is 5.88 Å². The minimum atomic E-state index is -1.12. The van der Waals surface area contributed by atoms with Crippen LogP contribution in [-0.4, -0.2) is 39.9 Å². The van der Waals surface area contributed by atoms with Gasteiger partial charge in [-0.2, -0.15) is 4.98 Å². The molecule has 10 rings (SSSR count). The molecule has 0 spiro atoms. The summed E-state index contributed by atoms with van der Waals surface area (Å²) in [5, 5.41) is 4.31. The van der Waals surface area contributed by atoms with Gasteiger partial charge >= 0.3 is 0 Å². The Balaban J connectivity index is 1.06. The molecule has 8 heteroatoms. The summed E-state index contributed by atoms with van der Waals surface area (Å²) in [4.78, 5) is 25.5. The second-order valence-electron chi connectivity index (χ2n) is 13.7. The highest BCUT2D eigenvalue weighted by molar-refractivity contribution is 6.00. The zero-order valence-corrected chi connectivity index (χ0v) is 23.7. The Kier molecular flexibility index (Phi) is 5.49. The number of carbonyl (C=O) groups excluding carboxylic acids is 1. The van der Waals surface area contributed by atoms with Crippen molar-refractivity contribution in [2.24, 2.45) is 10.8 Å². The van der Waals surface area contributed by atoms with Crippen molar-refractivity contribution in [1.82, 2.24) is 15.1 Å². The third-order valence-electron chi connectivity index (χ3n) is 10.9. The summed E-state index contributed by atoms with van der Waals surface area (Å²) in [6.45, 7) is 3.18. The Morgan fingerprint density at radius 3 is 2.44 bits per heavy atom. The molecule has 0 saturated heterocycles. The molecule has 0 N–H and O–H groups in total. The van der Waals surface area contributed by atoms with Crippen LogP contribution in [0.4, 0.5) is 10.1 Å². The van der Waals surface area contributed by atoms with Gasteiger partial charge in [-0.05, 0) is 107 Å². The highest BCUT2D eigenvalue weighted by atomic mass is 19.1. The largest absolute Gasteiger partial charge is 0.478 e. The molecule has 1 aromatic carbocycles. The lowest BCUT2D eigenvalue weighted by molar-refractivity contribution is -0.211. The van der Waals surface area contributed by atoms with Crippen molar-refractivity contribution in [3.05, 3.63) is 54.3 Å². The van der Waals surface area contributed by atoms with Crippen molar-refractivity contribution in [3.63, 3.8) is 0 Å². The van der Waals surface area contributed by atoms with Crippen molar-refractivity contribution in [1.29, 1.82) is 0 Å². The highest BCUT2D eigenvalue weighted by Gasteiger charge is 2.73. The smallest absolute Gasteiger partial charge is 0.233 e. The topological polar surface area (TPSA) is 81.4 Å². The first kappa shape index (κ1) is 25.4. The van der Waals surface area contributed by atoms with Gasteiger partial charge in [0.05, 0.1) is 12.0 Å². The number of fused-ring (bicyclic) bond motifs is 3. The number of rotatable bonds is 9. The Morgan fingerprint density at radius 1 is 1.05 bits per heavy atom. The lowest BCUT2D eigenvalue weighted by Crippen LogP contribution is -2.71. The van der Waals surface area contributed by atoms with Gasteiger partial charge in [-0.15, -0.1) is 0 Å². The highest BCUT2D eigenvalue weighted by Crippen LogP contribution is 2.70. The van der Waals surface area contributed by atoms with E-state index in [9.17, 15) is 9.18 Å². The fraction of sp³-hybridized carbons (Fsp3) is 0.576. The van der Waals surface area contributed by atoms with E-state index in [0.29, 0.717) is 44.2 Å². The first-order valence-electron chi connectivity index (χ1n) is 15.4. The molecule has 0 unspecified atom stereocenters. The molecule has 7 saturated carbocycles. The average molecular weight is 557 g/mol. The van der Waals surface area contributed by atoms with Gasteiger partial charge in [-0.25, -0.2) is 9.37 Å². The predicted molar refractivity (Wildman–Crippen MR) is 151 cm³/mol. The monoisotopic (exact) mass is 556 g/mol. The van der Waals surface area contributed by atoms with Gasteiger partial charge < -0.3 is 14.2 Å². The summed E-state index contributed by atoms with van der Waals surface area (Å²) in [6.07, 6.45) is 11.4. The number of pyridine rings is 1. The molecule has 0 aliphatic heterocycles. The summed E-state index contributed by atoms with van der Waals surface area (Å²) in [7, 11) is 0. The molecule has 1 amide bonds. The van der Waals surface area contributed by atoms with E-state index < -0.39 is 11.1 Å². The maximum absolute atomic E-state index is 14.6. The van der Waals surface area contributed by atoms with Crippen molar-refractivity contribution in [3.8, 4) is 17.0 Å². The zero-order chi connectivity index (χ0) is 27.9.